The largest absolute Gasteiger partial charge is 0.444 e. The number of hydrogen-bond donors (Lipinski definition) is 3. The summed E-state index contributed by atoms with van der Waals surface area (Å²) in [5, 5.41) is 5.80. The van der Waals surface area contributed by atoms with Crippen LogP contribution in [0.4, 0.5) is 9.59 Å². The van der Waals surface area contributed by atoms with Crippen molar-refractivity contribution in [2.45, 2.75) is 113 Å². The second-order valence-corrected chi connectivity index (χ2v) is 17.4. The van der Waals surface area contributed by atoms with E-state index < -0.39 is 75.2 Å². The topological polar surface area (TPSA) is 181 Å². The van der Waals surface area contributed by atoms with Gasteiger partial charge in [0.05, 0.1) is 11.4 Å². The highest BCUT2D eigenvalue weighted by Gasteiger charge is 2.61. The molecule has 5 amide bonds. The summed E-state index contributed by atoms with van der Waals surface area (Å²) in [6.45, 7) is 5.66. The normalized spacial score (nSPS) is 26.5. The number of allylic oxidation sites excluding steroid dienone is 1. The average molecular weight is 784 g/mol. The molecule has 0 spiro atoms. The van der Waals surface area contributed by atoms with E-state index in [1.165, 1.54) is 34.1 Å². The Balaban J connectivity index is 1.26. The number of hydrogen-bond acceptors (Lipinski definition) is 9. The Bertz CT molecular complexity index is 1910. The zero-order valence-corrected chi connectivity index (χ0v) is 32.1. The number of fused-ring (bicyclic) bond motifs is 3. The number of alkyl carbamates (subject to hydrolysis) is 1. The van der Waals surface area contributed by atoms with Gasteiger partial charge in [0.25, 0.3) is 15.9 Å². The molecule has 5 atom stereocenters. The molecule has 0 radical (unpaired) electrons. The maximum absolute atomic E-state index is 14.4. The van der Waals surface area contributed by atoms with Crippen molar-refractivity contribution in [1.82, 2.24) is 25.2 Å². The standard InChI is InChI=1S/C38H46ClN5O9S/c1-37(2,3)53-35(48)40-30-14-8-6-4-5-7-13-26-20-38(26,34(47)42-54(50,51)29-17-15-27(39)16-18-29)41-32(45)31-19-28(23-44(31)33(30)46)52-36(49)43-21-24-11-9-10-12-25(24)22-43/h7,9-13,15-18,26,28,30-31H,4-6,8,14,19-23H2,1-3H3,(H,40,48)(H,41,45)(H,42,47)/b13-7+/t26-,28-,30+,31+,38-/m1/s1. The molecule has 3 heterocycles. The smallest absolute Gasteiger partial charge is 0.410 e. The summed E-state index contributed by atoms with van der Waals surface area (Å²) in [5.41, 5.74) is -0.477. The SMILES string of the molecule is CC(C)(C)OC(=O)N[C@H]1CCCCC/C=C/[C@@H]2C[C@@]2(C(=O)NS(=O)(=O)c2ccc(Cl)cc2)NC(=O)[C@@H]2C[C@@H](OC(=O)N3Cc4ccccc4C3)CN2C1=O. The van der Waals surface area contributed by atoms with Crippen LogP contribution in [0, 0.1) is 5.92 Å². The van der Waals surface area contributed by atoms with Gasteiger partial charge in [0, 0.05) is 30.5 Å². The van der Waals surface area contributed by atoms with Crippen molar-refractivity contribution >= 4 is 51.5 Å². The van der Waals surface area contributed by atoms with E-state index in [-0.39, 0.29) is 30.7 Å². The van der Waals surface area contributed by atoms with Crippen LogP contribution in [-0.4, -0.2) is 84.0 Å². The minimum Gasteiger partial charge on any atom is -0.444 e. The summed E-state index contributed by atoms with van der Waals surface area (Å²) in [4.78, 5) is 71.5. The molecule has 290 valence electrons. The van der Waals surface area contributed by atoms with Gasteiger partial charge in [-0.15, -0.1) is 0 Å². The lowest BCUT2D eigenvalue weighted by atomic mass is 10.0. The third-order valence-corrected chi connectivity index (χ3v) is 11.7. The van der Waals surface area contributed by atoms with Crippen LogP contribution < -0.4 is 15.4 Å². The van der Waals surface area contributed by atoms with E-state index in [1.54, 1.807) is 26.8 Å². The van der Waals surface area contributed by atoms with Gasteiger partial charge in [0.15, 0.2) is 0 Å². The van der Waals surface area contributed by atoms with E-state index in [0.717, 1.165) is 24.0 Å². The molecule has 1 saturated carbocycles. The molecule has 3 N–H and O–H groups in total. The molecule has 0 aromatic heterocycles. The fourth-order valence-electron chi connectivity index (χ4n) is 7.18. The molecule has 3 aliphatic heterocycles. The minimum atomic E-state index is -4.34. The summed E-state index contributed by atoms with van der Waals surface area (Å²) in [5.74, 6) is -2.75. The molecule has 0 unspecified atom stereocenters. The van der Waals surface area contributed by atoms with Crippen molar-refractivity contribution in [3.8, 4) is 0 Å². The molecular weight excluding hydrogens is 738 g/mol. The third-order valence-electron chi connectivity index (χ3n) is 10.1. The molecule has 14 nitrogen and oxygen atoms in total. The summed E-state index contributed by atoms with van der Waals surface area (Å²) in [6, 6.07) is 10.7. The number of sulfonamides is 1. The van der Waals surface area contributed by atoms with Gasteiger partial charge in [-0.2, -0.15) is 0 Å². The Kier molecular flexibility index (Phi) is 11.3. The number of ether oxygens (including phenoxy) is 2. The minimum absolute atomic E-state index is 0.0927. The fourth-order valence-corrected chi connectivity index (χ4v) is 8.34. The molecule has 2 fully saturated rings. The van der Waals surface area contributed by atoms with Gasteiger partial charge in [0.2, 0.25) is 11.8 Å². The monoisotopic (exact) mass is 783 g/mol. The van der Waals surface area contributed by atoms with Crippen molar-refractivity contribution in [2.24, 2.45) is 5.92 Å². The quantitative estimate of drug-likeness (QED) is 0.367. The van der Waals surface area contributed by atoms with Crippen molar-refractivity contribution in [3.63, 3.8) is 0 Å². The molecule has 0 bridgehead atoms. The lowest BCUT2D eigenvalue weighted by Gasteiger charge is -2.30. The van der Waals surface area contributed by atoms with E-state index in [9.17, 15) is 32.4 Å². The van der Waals surface area contributed by atoms with Crippen LogP contribution in [0.5, 0.6) is 0 Å². The van der Waals surface area contributed by atoms with Crippen LogP contribution in [0.3, 0.4) is 0 Å². The maximum atomic E-state index is 14.4. The van der Waals surface area contributed by atoms with Gasteiger partial charge >= 0.3 is 12.2 Å². The number of amides is 5. The maximum Gasteiger partial charge on any atom is 0.410 e. The Morgan fingerprint density at radius 2 is 1.67 bits per heavy atom. The number of nitrogens with zero attached hydrogens (tertiary/aromatic N) is 2. The van der Waals surface area contributed by atoms with E-state index in [0.29, 0.717) is 31.0 Å². The van der Waals surface area contributed by atoms with E-state index in [1.807, 2.05) is 30.3 Å². The molecular formula is C38H46ClN5O9S. The number of carbonyl (C=O) groups excluding carboxylic acids is 5. The van der Waals surface area contributed by atoms with Gasteiger partial charge in [-0.3, -0.25) is 19.3 Å². The van der Waals surface area contributed by atoms with Crippen molar-refractivity contribution in [2.75, 3.05) is 6.54 Å². The number of carbonyl (C=O) groups is 5. The highest BCUT2D eigenvalue weighted by molar-refractivity contribution is 7.90. The van der Waals surface area contributed by atoms with Crippen LogP contribution in [-0.2, 0) is 47.0 Å². The molecule has 2 aromatic rings. The Morgan fingerprint density at radius 3 is 2.33 bits per heavy atom. The van der Waals surface area contributed by atoms with Crippen LogP contribution in [0.1, 0.15) is 76.8 Å². The van der Waals surface area contributed by atoms with Gasteiger partial charge in [-0.05, 0) is 81.8 Å². The molecule has 54 heavy (non-hydrogen) atoms. The summed E-state index contributed by atoms with van der Waals surface area (Å²) >= 11 is 5.94. The van der Waals surface area contributed by atoms with Crippen LogP contribution >= 0.6 is 11.6 Å². The molecule has 16 heteroatoms. The van der Waals surface area contributed by atoms with Crippen molar-refractivity contribution in [1.29, 1.82) is 0 Å². The first-order valence-corrected chi connectivity index (χ1v) is 20.0. The van der Waals surface area contributed by atoms with Gasteiger partial charge in [-0.1, -0.05) is 60.9 Å². The molecule has 1 saturated heterocycles. The zero-order valence-electron chi connectivity index (χ0n) is 30.5. The molecule has 2 aromatic carbocycles. The lowest BCUT2D eigenvalue weighted by Crippen LogP contribution is -2.58. The average Bonchev–Trinajstić information content (AvgIpc) is 3.40. The summed E-state index contributed by atoms with van der Waals surface area (Å²) in [7, 11) is -4.34. The molecule has 1 aliphatic carbocycles. The van der Waals surface area contributed by atoms with Crippen molar-refractivity contribution in [3.05, 3.63) is 76.8 Å². The van der Waals surface area contributed by atoms with Crippen LogP contribution in [0.2, 0.25) is 5.02 Å². The Hall–Kier alpha value is -4.63. The summed E-state index contributed by atoms with van der Waals surface area (Å²) < 4.78 is 40.0. The zero-order chi connectivity index (χ0) is 38.8. The number of halogens is 1. The number of rotatable bonds is 5. The van der Waals surface area contributed by atoms with Crippen LogP contribution in [0.25, 0.3) is 0 Å². The highest BCUT2D eigenvalue weighted by atomic mass is 35.5. The predicted octanol–water partition coefficient (Wildman–Crippen LogP) is 4.56. The molecule has 6 rings (SSSR count). The summed E-state index contributed by atoms with van der Waals surface area (Å²) in [6.07, 6.45) is 4.39. The highest BCUT2D eigenvalue weighted by Crippen LogP contribution is 2.46. The Morgan fingerprint density at radius 1 is 0.981 bits per heavy atom. The number of benzene rings is 2. The number of nitrogens with one attached hydrogen (secondary N) is 3. The van der Waals surface area contributed by atoms with E-state index in [2.05, 4.69) is 15.4 Å². The van der Waals surface area contributed by atoms with E-state index in [4.69, 9.17) is 21.1 Å². The predicted molar refractivity (Wildman–Crippen MR) is 197 cm³/mol. The van der Waals surface area contributed by atoms with Gasteiger partial charge in [0.1, 0.15) is 29.3 Å². The molecule has 4 aliphatic rings. The Labute approximate surface area is 320 Å². The third kappa shape index (κ3) is 9.00. The second-order valence-electron chi connectivity index (χ2n) is 15.3. The first-order chi connectivity index (χ1) is 25.5. The second kappa shape index (κ2) is 15.6. The lowest BCUT2D eigenvalue weighted by molar-refractivity contribution is -0.141. The van der Waals surface area contributed by atoms with E-state index >= 15 is 0 Å². The van der Waals surface area contributed by atoms with Crippen LogP contribution in [0.15, 0.2) is 65.6 Å². The first kappa shape index (κ1) is 39.1. The first-order valence-electron chi connectivity index (χ1n) is 18.2. The van der Waals surface area contributed by atoms with Crippen molar-refractivity contribution < 1.29 is 41.9 Å². The fraction of sp³-hybridized carbons (Fsp3) is 0.500. The van der Waals surface area contributed by atoms with Gasteiger partial charge in [-0.25, -0.2) is 22.7 Å². The van der Waals surface area contributed by atoms with Gasteiger partial charge < -0.3 is 25.0 Å².